The predicted octanol–water partition coefficient (Wildman–Crippen LogP) is 4.32. The second-order valence-electron chi connectivity index (χ2n) is 5.69. The van der Waals surface area contributed by atoms with Crippen LogP contribution in [0.15, 0.2) is 0 Å². The molecule has 0 saturated heterocycles. The highest BCUT2D eigenvalue weighted by molar-refractivity contribution is 14.1. The number of alkyl halides is 3. The van der Waals surface area contributed by atoms with Crippen LogP contribution >= 0.6 is 22.6 Å². The molecule has 2 atom stereocenters. The fourth-order valence-corrected chi connectivity index (χ4v) is 3.13. The molecule has 19 heavy (non-hydrogen) atoms. The van der Waals surface area contributed by atoms with E-state index in [-0.39, 0.29) is 16.2 Å². The van der Waals surface area contributed by atoms with E-state index < -0.39 is 5.92 Å². The van der Waals surface area contributed by atoms with Crippen molar-refractivity contribution in [1.29, 1.82) is 0 Å². The molecule has 1 heterocycles. The number of nitrogens with zero attached hydrogens (tertiary/aromatic N) is 3. The Labute approximate surface area is 126 Å². The molecule has 0 spiro atoms. The van der Waals surface area contributed by atoms with Gasteiger partial charge in [0, 0.05) is 6.42 Å². The van der Waals surface area contributed by atoms with Gasteiger partial charge in [0.1, 0.15) is 9.74 Å². The molecule has 108 valence electrons. The molecule has 1 aromatic heterocycles. The number of aromatic nitrogens is 3. The number of hydrogen-bond acceptors (Lipinski definition) is 2. The lowest BCUT2D eigenvalue weighted by molar-refractivity contribution is -0.0326. The van der Waals surface area contributed by atoms with Gasteiger partial charge in [-0.2, -0.15) is 8.78 Å². The van der Waals surface area contributed by atoms with Crippen LogP contribution in [0.3, 0.4) is 0 Å². The molecule has 0 fully saturated rings. The maximum atomic E-state index is 14.4. The lowest BCUT2D eigenvalue weighted by Gasteiger charge is -2.27. The number of halogens is 3. The van der Waals surface area contributed by atoms with Gasteiger partial charge in [-0.15, -0.1) is 5.10 Å². The number of fused-ring (bicyclic) bond motifs is 1. The molecular formula is C13H20F2IN3. The van der Waals surface area contributed by atoms with E-state index in [1.54, 1.807) is 0 Å². The molecule has 1 unspecified atom stereocenters. The van der Waals surface area contributed by atoms with Crippen LogP contribution < -0.4 is 0 Å². The standard InChI is InChI=1S/C13H20F2IN3/c1-8(2)10-4-5-11-12(13(14,15)7-6-10)19(9(3)16)18-17-11/h8-10H,4-7H2,1-3H3/t9-,10?/m0/s1. The fourth-order valence-electron chi connectivity index (χ4n) is 2.74. The van der Waals surface area contributed by atoms with Gasteiger partial charge in [0.15, 0.2) is 0 Å². The van der Waals surface area contributed by atoms with Gasteiger partial charge in [0.2, 0.25) is 0 Å². The van der Waals surface area contributed by atoms with Crippen LogP contribution in [0.4, 0.5) is 8.78 Å². The third-order valence-corrected chi connectivity index (χ3v) is 4.50. The summed E-state index contributed by atoms with van der Waals surface area (Å²) in [5, 5.41) is 7.92. The Morgan fingerprint density at radius 3 is 2.58 bits per heavy atom. The Balaban J connectivity index is 2.37. The normalized spacial score (nSPS) is 24.7. The molecule has 0 bridgehead atoms. The van der Waals surface area contributed by atoms with Gasteiger partial charge in [0.05, 0.1) is 5.69 Å². The molecule has 6 heteroatoms. The molecule has 2 rings (SSSR count). The van der Waals surface area contributed by atoms with Crippen molar-refractivity contribution in [1.82, 2.24) is 15.0 Å². The Hall–Kier alpha value is -0.270. The summed E-state index contributed by atoms with van der Waals surface area (Å²) in [6.45, 7) is 6.06. The van der Waals surface area contributed by atoms with E-state index in [0.717, 1.165) is 6.42 Å². The first-order valence-electron chi connectivity index (χ1n) is 6.79. The van der Waals surface area contributed by atoms with Gasteiger partial charge in [-0.1, -0.05) is 41.7 Å². The molecule has 0 N–H and O–H groups in total. The zero-order chi connectivity index (χ0) is 14.2. The summed E-state index contributed by atoms with van der Waals surface area (Å²) in [5.74, 6) is -2.02. The van der Waals surface area contributed by atoms with Crippen molar-refractivity contribution >= 4 is 22.6 Å². The van der Waals surface area contributed by atoms with Gasteiger partial charge < -0.3 is 0 Å². The molecule has 1 aromatic rings. The Morgan fingerprint density at radius 2 is 2.00 bits per heavy atom. The van der Waals surface area contributed by atoms with E-state index in [9.17, 15) is 8.78 Å². The van der Waals surface area contributed by atoms with Crippen LogP contribution in [-0.4, -0.2) is 15.0 Å². The number of rotatable bonds is 2. The van der Waals surface area contributed by atoms with Crippen molar-refractivity contribution in [2.45, 2.75) is 56.4 Å². The summed E-state index contributed by atoms with van der Waals surface area (Å²) in [6, 6.07) is 0. The zero-order valence-corrected chi connectivity index (χ0v) is 13.7. The first kappa shape index (κ1) is 15.1. The maximum absolute atomic E-state index is 14.4. The van der Waals surface area contributed by atoms with Crippen molar-refractivity contribution in [3.05, 3.63) is 11.4 Å². The largest absolute Gasteiger partial charge is 0.291 e. The van der Waals surface area contributed by atoms with Crippen molar-refractivity contribution in [3.63, 3.8) is 0 Å². The minimum Gasteiger partial charge on any atom is -0.230 e. The van der Waals surface area contributed by atoms with Crippen molar-refractivity contribution in [3.8, 4) is 0 Å². The highest BCUT2D eigenvalue weighted by atomic mass is 127. The highest BCUT2D eigenvalue weighted by Gasteiger charge is 2.41. The predicted molar refractivity (Wildman–Crippen MR) is 78.5 cm³/mol. The van der Waals surface area contributed by atoms with E-state index in [1.807, 2.05) is 6.92 Å². The summed E-state index contributed by atoms with van der Waals surface area (Å²) < 4.78 is 30.1. The molecule has 0 radical (unpaired) electrons. The Kier molecular flexibility index (Phi) is 4.47. The average molecular weight is 383 g/mol. The van der Waals surface area contributed by atoms with Crippen LogP contribution in [0.25, 0.3) is 0 Å². The van der Waals surface area contributed by atoms with Crippen LogP contribution in [-0.2, 0) is 12.3 Å². The summed E-state index contributed by atoms with van der Waals surface area (Å²) in [4.78, 5) is 0. The lowest BCUT2D eigenvalue weighted by atomic mass is 9.83. The fraction of sp³-hybridized carbons (Fsp3) is 0.846. The Morgan fingerprint density at radius 1 is 1.32 bits per heavy atom. The SMILES string of the molecule is CC(C)C1CCc2nnn([C@@H](C)I)c2C(F)(F)CC1. The smallest absolute Gasteiger partial charge is 0.230 e. The van der Waals surface area contributed by atoms with Crippen LogP contribution in [0.1, 0.15) is 55.5 Å². The third kappa shape index (κ3) is 3.08. The van der Waals surface area contributed by atoms with Gasteiger partial charge in [-0.3, -0.25) is 0 Å². The monoisotopic (exact) mass is 383 g/mol. The van der Waals surface area contributed by atoms with Crippen LogP contribution in [0, 0.1) is 11.8 Å². The van der Waals surface area contributed by atoms with E-state index in [2.05, 4.69) is 46.8 Å². The molecule has 1 aliphatic carbocycles. The first-order chi connectivity index (χ1) is 8.83. The molecule has 0 aromatic carbocycles. The second-order valence-corrected chi connectivity index (χ2v) is 7.49. The van der Waals surface area contributed by atoms with Crippen molar-refractivity contribution in [2.75, 3.05) is 0 Å². The Bertz CT molecular complexity index is 443. The van der Waals surface area contributed by atoms with E-state index in [0.29, 0.717) is 30.4 Å². The topological polar surface area (TPSA) is 30.7 Å². The number of aryl methyl sites for hydroxylation is 1. The van der Waals surface area contributed by atoms with Crippen LogP contribution in [0.2, 0.25) is 0 Å². The first-order valence-corrected chi connectivity index (χ1v) is 8.04. The highest BCUT2D eigenvalue weighted by Crippen LogP contribution is 2.41. The van der Waals surface area contributed by atoms with Crippen molar-refractivity contribution < 1.29 is 8.78 Å². The summed E-state index contributed by atoms with van der Waals surface area (Å²) in [6.07, 6.45) is 2.01. The molecule has 0 saturated carbocycles. The minimum absolute atomic E-state index is 0.0385. The van der Waals surface area contributed by atoms with Gasteiger partial charge in [0.25, 0.3) is 5.92 Å². The van der Waals surface area contributed by atoms with Crippen molar-refractivity contribution in [2.24, 2.45) is 11.8 Å². The lowest BCUT2D eigenvalue weighted by Crippen LogP contribution is -2.26. The van der Waals surface area contributed by atoms with E-state index in [1.165, 1.54) is 4.68 Å². The average Bonchev–Trinajstić information content (AvgIpc) is 2.70. The second kappa shape index (κ2) is 5.61. The zero-order valence-electron chi connectivity index (χ0n) is 11.5. The molecule has 0 aliphatic heterocycles. The van der Waals surface area contributed by atoms with Gasteiger partial charge in [-0.25, -0.2) is 4.68 Å². The maximum Gasteiger partial charge on any atom is 0.291 e. The molecule has 3 nitrogen and oxygen atoms in total. The van der Waals surface area contributed by atoms with E-state index in [4.69, 9.17) is 0 Å². The van der Waals surface area contributed by atoms with E-state index >= 15 is 0 Å². The van der Waals surface area contributed by atoms with Crippen LogP contribution in [0.5, 0.6) is 0 Å². The molecular weight excluding hydrogens is 363 g/mol. The molecule has 1 aliphatic rings. The van der Waals surface area contributed by atoms with Gasteiger partial charge in [-0.05, 0) is 38.0 Å². The minimum atomic E-state index is -2.81. The summed E-state index contributed by atoms with van der Waals surface area (Å²) in [7, 11) is 0. The van der Waals surface area contributed by atoms with Gasteiger partial charge >= 0.3 is 0 Å². The number of hydrogen-bond donors (Lipinski definition) is 0. The molecule has 0 amide bonds. The summed E-state index contributed by atoms with van der Waals surface area (Å²) >= 11 is 2.09. The third-order valence-electron chi connectivity index (χ3n) is 3.97. The summed E-state index contributed by atoms with van der Waals surface area (Å²) in [5.41, 5.74) is 0.524. The quantitative estimate of drug-likeness (QED) is 0.563.